The van der Waals surface area contributed by atoms with Gasteiger partial charge in [0, 0.05) is 35.8 Å². The molecule has 2 aromatic carbocycles. The molecule has 2 N–H and O–H groups in total. The number of piperidine rings is 1. The van der Waals surface area contributed by atoms with Gasteiger partial charge in [0.1, 0.15) is 0 Å². The molecule has 1 saturated heterocycles. The van der Waals surface area contributed by atoms with Crippen LogP contribution in [-0.4, -0.2) is 34.0 Å². The third kappa shape index (κ3) is 4.81. The van der Waals surface area contributed by atoms with Crippen LogP contribution in [0.3, 0.4) is 0 Å². The van der Waals surface area contributed by atoms with Crippen LogP contribution in [0.5, 0.6) is 0 Å². The van der Waals surface area contributed by atoms with Crippen LogP contribution in [0.4, 0.5) is 0 Å². The summed E-state index contributed by atoms with van der Waals surface area (Å²) in [6, 6.07) is 15.2. The van der Waals surface area contributed by atoms with Gasteiger partial charge in [0.2, 0.25) is 0 Å². The summed E-state index contributed by atoms with van der Waals surface area (Å²) in [6.07, 6.45) is 3.97. The molecule has 1 fully saturated rings. The van der Waals surface area contributed by atoms with Gasteiger partial charge in [-0.05, 0) is 36.6 Å². The zero-order valence-corrected chi connectivity index (χ0v) is 17.4. The van der Waals surface area contributed by atoms with Gasteiger partial charge in [-0.15, -0.1) is 0 Å². The minimum atomic E-state index is -0.234. The molecule has 5 nitrogen and oxygen atoms in total. The Morgan fingerprint density at radius 3 is 2.48 bits per heavy atom. The number of hydrogen-bond donors (Lipinski definition) is 2. The zero-order valence-electron chi connectivity index (χ0n) is 15.9. The summed E-state index contributed by atoms with van der Waals surface area (Å²) in [5.41, 5.74) is 6.35. The van der Waals surface area contributed by atoms with E-state index in [-0.39, 0.29) is 11.7 Å². The van der Waals surface area contributed by atoms with Crippen LogP contribution >= 0.6 is 23.2 Å². The van der Waals surface area contributed by atoms with E-state index >= 15 is 0 Å². The number of hydrazine groups is 1. The standard InChI is InChI=1S/C22H22Cl2N4O/c23-16-10-8-15(9-11-16)14-19-20(17-6-2-3-7-18(17)24)26-21(25-19)22(29)27-28-12-4-1-5-13-28/h2-3,6-11H,1,4-5,12-14H2,(H,25,26)(H,27,29). The lowest BCUT2D eigenvalue weighted by Gasteiger charge is -2.26. The number of halogens is 2. The maximum atomic E-state index is 12.8. The first kappa shape index (κ1) is 20.0. The fourth-order valence-corrected chi connectivity index (χ4v) is 3.88. The second-order valence-electron chi connectivity index (χ2n) is 7.18. The quantitative estimate of drug-likeness (QED) is 0.593. The van der Waals surface area contributed by atoms with Gasteiger partial charge in [-0.1, -0.05) is 60.0 Å². The van der Waals surface area contributed by atoms with Crippen molar-refractivity contribution in [2.24, 2.45) is 0 Å². The maximum absolute atomic E-state index is 12.8. The normalized spacial score (nSPS) is 14.7. The number of rotatable bonds is 5. The molecule has 0 radical (unpaired) electrons. The number of hydrogen-bond acceptors (Lipinski definition) is 3. The smallest absolute Gasteiger partial charge is 0.301 e. The van der Waals surface area contributed by atoms with E-state index in [0.29, 0.717) is 22.2 Å². The van der Waals surface area contributed by atoms with Crippen molar-refractivity contribution < 1.29 is 4.79 Å². The van der Waals surface area contributed by atoms with Crippen molar-refractivity contribution in [1.82, 2.24) is 20.4 Å². The van der Waals surface area contributed by atoms with E-state index < -0.39 is 0 Å². The maximum Gasteiger partial charge on any atom is 0.301 e. The zero-order chi connectivity index (χ0) is 20.2. The number of carbonyl (C=O) groups is 1. The molecule has 7 heteroatoms. The van der Waals surface area contributed by atoms with E-state index in [1.807, 2.05) is 53.5 Å². The van der Waals surface area contributed by atoms with Gasteiger partial charge in [-0.25, -0.2) is 9.99 Å². The molecule has 0 spiro atoms. The highest BCUT2D eigenvalue weighted by atomic mass is 35.5. The van der Waals surface area contributed by atoms with Crippen LogP contribution in [0.2, 0.25) is 10.0 Å². The number of nitrogens with one attached hydrogen (secondary N) is 2. The number of carbonyl (C=O) groups excluding carboxylic acids is 1. The third-order valence-corrected chi connectivity index (χ3v) is 5.61. The van der Waals surface area contributed by atoms with E-state index in [0.717, 1.165) is 42.8 Å². The monoisotopic (exact) mass is 428 g/mol. The summed E-state index contributed by atoms with van der Waals surface area (Å²) in [7, 11) is 0. The summed E-state index contributed by atoms with van der Waals surface area (Å²) >= 11 is 12.4. The first-order chi connectivity index (χ1) is 14.1. The van der Waals surface area contributed by atoms with Crippen LogP contribution in [0, 0.1) is 0 Å². The van der Waals surface area contributed by atoms with Crippen LogP contribution in [0.1, 0.15) is 41.1 Å². The van der Waals surface area contributed by atoms with Crippen molar-refractivity contribution in [2.45, 2.75) is 25.7 Å². The molecule has 1 aromatic heterocycles. The van der Waals surface area contributed by atoms with Gasteiger partial charge in [0.25, 0.3) is 0 Å². The minimum absolute atomic E-state index is 0.234. The highest BCUT2D eigenvalue weighted by Gasteiger charge is 2.21. The molecule has 2 heterocycles. The molecule has 0 unspecified atom stereocenters. The molecule has 0 atom stereocenters. The fraction of sp³-hybridized carbons (Fsp3) is 0.273. The molecule has 0 saturated carbocycles. The highest BCUT2D eigenvalue weighted by Crippen LogP contribution is 2.30. The first-order valence-corrected chi connectivity index (χ1v) is 10.5. The Bertz CT molecular complexity index is 994. The molecule has 4 rings (SSSR count). The first-order valence-electron chi connectivity index (χ1n) is 9.74. The summed E-state index contributed by atoms with van der Waals surface area (Å²) in [4.78, 5) is 20.6. The number of benzene rings is 2. The Morgan fingerprint density at radius 1 is 1.03 bits per heavy atom. The van der Waals surface area contributed by atoms with Crippen molar-refractivity contribution >= 4 is 29.1 Å². The van der Waals surface area contributed by atoms with Crippen LogP contribution in [0.25, 0.3) is 11.3 Å². The van der Waals surface area contributed by atoms with Crippen LogP contribution < -0.4 is 5.43 Å². The summed E-state index contributed by atoms with van der Waals surface area (Å²) in [6.45, 7) is 1.73. The molecule has 29 heavy (non-hydrogen) atoms. The van der Waals surface area contributed by atoms with E-state index in [4.69, 9.17) is 23.2 Å². The van der Waals surface area contributed by atoms with Crippen molar-refractivity contribution in [2.75, 3.05) is 13.1 Å². The van der Waals surface area contributed by atoms with Crippen molar-refractivity contribution in [3.05, 3.63) is 75.7 Å². The third-order valence-electron chi connectivity index (χ3n) is 5.03. The summed E-state index contributed by atoms with van der Waals surface area (Å²) < 4.78 is 0. The lowest BCUT2D eigenvalue weighted by molar-refractivity contribution is 0.0740. The Kier molecular flexibility index (Phi) is 6.19. The topological polar surface area (TPSA) is 61.0 Å². The van der Waals surface area contributed by atoms with Crippen LogP contribution in [-0.2, 0) is 6.42 Å². The number of amides is 1. The summed E-state index contributed by atoms with van der Waals surface area (Å²) in [5.74, 6) is 0.0528. The second-order valence-corrected chi connectivity index (χ2v) is 8.03. The molecule has 3 aromatic rings. The van der Waals surface area contributed by atoms with Crippen molar-refractivity contribution in [1.29, 1.82) is 0 Å². The van der Waals surface area contributed by atoms with Gasteiger partial charge < -0.3 is 4.98 Å². The largest absolute Gasteiger partial charge is 0.337 e. The predicted molar refractivity (Wildman–Crippen MR) is 116 cm³/mol. The van der Waals surface area contributed by atoms with Crippen LogP contribution in [0.15, 0.2) is 48.5 Å². The minimum Gasteiger partial charge on any atom is -0.337 e. The molecular weight excluding hydrogens is 407 g/mol. The van der Waals surface area contributed by atoms with E-state index in [2.05, 4.69) is 15.4 Å². The second kappa shape index (κ2) is 8.99. The molecule has 1 amide bonds. The van der Waals surface area contributed by atoms with E-state index in [1.165, 1.54) is 6.42 Å². The Hall–Kier alpha value is -2.34. The number of nitrogens with zero attached hydrogens (tertiary/aromatic N) is 2. The molecule has 0 bridgehead atoms. The van der Waals surface area contributed by atoms with E-state index in [9.17, 15) is 4.79 Å². The van der Waals surface area contributed by atoms with Gasteiger partial charge in [0.05, 0.1) is 10.7 Å². The lowest BCUT2D eigenvalue weighted by atomic mass is 10.0. The van der Waals surface area contributed by atoms with E-state index in [1.54, 1.807) is 0 Å². The predicted octanol–water partition coefficient (Wildman–Crippen LogP) is 5.11. The van der Waals surface area contributed by atoms with Crippen molar-refractivity contribution in [3.8, 4) is 11.3 Å². The molecule has 0 aliphatic carbocycles. The Labute approximate surface area is 180 Å². The average Bonchev–Trinajstić information content (AvgIpc) is 3.14. The SMILES string of the molecule is O=C(NN1CCCCC1)c1nc(-c2ccccc2Cl)c(Cc2ccc(Cl)cc2)[nH]1. The Balaban J connectivity index is 1.65. The molecule has 1 aliphatic heterocycles. The van der Waals surface area contributed by atoms with Crippen molar-refractivity contribution in [3.63, 3.8) is 0 Å². The average molecular weight is 429 g/mol. The van der Waals surface area contributed by atoms with Gasteiger partial charge in [-0.3, -0.25) is 10.2 Å². The molecule has 1 aliphatic rings. The summed E-state index contributed by atoms with van der Waals surface area (Å²) in [5, 5.41) is 3.24. The Morgan fingerprint density at radius 2 is 1.76 bits per heavy atom. The lowest BCUT2D eigenvalue weighted by Crippen LogP contribution is -2.45. The van der Waals surface area contributed by atoms with Gasteiger partial charge in [-0.2, -0.15) is 0 Å². The number of aromatic nitrogens is 2. The van der Waals surface area contributed by atoms with Gasteiger partial charge >= 0.3 is 5.91 Å². The molecule has 150 valence electrons. The molecular formula is C22H22Cl2N4O. The number of aromatic amines is 1. The number of imidazole rings is 1. The fourth-order valence-electron chi connectivity index (χ4n) is 3.53. The van der Waals surface area contributed by atoms with Gasteiger partial charge in [0.15, 0.2) is 5.82 Å². The highest BCUT2D eigenvalue weighted by molar-refractivity contribution is 6.33. The number of H-pyrrole nitrogens is 1.